The molecule has 0 saturated carbocycles. The lowest BCUT2D eigenvalue weighted by Gasteiger charge is -2.17. The highest BCUT2D eigenvalue weighted by atomic mass is 15.2. The first-order valence-corrected chi connectivity index (χ1v) is 7.21. The van der Waals surface area contributed by atoms with Crippen LogP contribution in [0.1, 0.15) is 26.7 Å². The Bertz CT molecular complexity index is 695. The zero-order chi connectivity index (χ0) is 13.9. The van der Waals surface area contributed by atoms with Gasteiger partial charge in [0.05, 0.1) is 11.5 Å². The zero-order valence-electron chi connectivity index (χ0n) is 12.1. The van der Waals surface area contributed by atoms with Crippen molar-refractivity contribution in [3.05, 3.63) is 29.0 Å². The van der Waals surface area contributed by atoms with Gasteiger partial charge in [-0.05, 0) is 38.3 Å². The summed E-state index contributed by atoms with van der Waals surface area (Å²) in [6.45, 7) is 6.32. The molecule has 20 heavy (non-hydrogen) atoms. The van der Waals surface area contributed by atoms with Gasteiger partial charge in [0.1, 0.15) is 5.82 Å². The van der Waals surface area contributed by atoms with E-state index in [2.05, 4.69) is 40.2 Å². The summed E-state index contributed by atoms with van der Waals surface area (Å²) < 4.78 is 0. The molecule has 1 N–H and O–H groups in total. The third kappa shape index (κ3) is 2.22. The van der Waals surface area contributed by atoms with Crippen LogP contribution in [0.2, 0.25) is 0 Å². The summed E-state index contributed by atoms with van der Waals surface area (Å²) in [5.74, 6) is 1.08. The topological polar surface area (TPSA) is 44.8 Å². The smallest absolute Gasteiger partial charge is 0.129 e. The van der Waals surface area contributed by atoms with E-state index in [1.54, 1.807) is 0 Å². The van der Waals surface area contributed by atoms with Gasteiger partial charge in [-0.15, -0.1) is 0 Å². The molecule has 0 aromatic carbocycles. The van der Waals surface area contributed by atoms with E-state index in [1.807, 2.05) is 19.3 Å². The summed E-state index contributed by atoms with van der Waals surface area (Å²) in [6.07, 6.45) is 10.5. The number of aromatic nitrogens is 3. The van der Waals surface area contributed by atoms with Gasteiger partial charge < -0.3 is 4.90 Å². The molecule has 0 amide bonds. The zero-order valence-corrected chi connectivity index (χ0v) is 12.1. The summed E-state index contributed by atoms with van der Waals surface area (Å²) in [5.41, 5.74) is 2.32. The van der Waals surface area contributed by atoms with Crippen molar-refractivity contribution < 1.29 is 0 Å². The van der Waals surface area contributed by atoms with Crippen LogP contribution in [-0.4, -0.2) is 28.3 Å². The number of nitrogens with zero attached hydrogens (tertiary/aromatic N) is 3. The van der Waals surface area contributed by atoms with Gasteiger partial charge in [0.15, 0.2) is 0 Å². The summed E-state index contributed by atoms with van der Waals surface area (Å²) in [6, 6.07) is 2.19. The van der Waals surface area contributed by atoms with Crippen molar-refractivity contribution >= 4 is 18.0 Å². The molecule has 0 unspecified atom stereocenters. The SMILES string of the molecule is C/C=c1/c(-c2cn[nH]c2)cc(N2CCCC2)n/c1=C/C. The molecule has 104 valence electrons. The van der Waals surface area contributed by atoms with E-state index in [4.69, 9.17) is 4.98 Å². The Balaban J connectivity index is 2.23. The van der Waals surface area contributed by atoms with E-state index < -0.39 is 0 Å². The number of aromatic amines is 1. The minimum Gasteiger partial charge on any atom is -0.357 e. The molecule has 0 aliphatic carbocycles. The normalized spacial score (nSPS) is 17.2. The summed E-state index contributed by atoms with van der Waals surface area (Å²) >= 11 is 0. The van der Waals surface area contributed by atoms with Crippen molar-refractivity contribution in [2.75, 3.05) is 18.0 Å². The minimum absolute atomic E-state index is 1.05. The Labute approximate surface area is 118 Å². The van der Waals surface area contributed by atoms with E-state index in [0.29, 0.717) is 0 Å². The van der Waals surface area contributed by atoms with Gasteiger partial charge in [-0.2, -0.15) is 5.10 Å². The van der Waals surface area contributed by atoms with Crippen molar-refractivity contribution in [3.8, 4) is 11.1 Å². The van der Waals surface area contributed by atoms with Crippen LogP contribution in [0.5, 0.6) is 0 Å². The molecule has 1 saturated heterocycles. The summed E-state index contributed by atoms with van der Waals surface area (Å²) in [5, 5.41) is 9.20. The van der Waals surface area contributed by atoms with Crippen LogP contribution >= 0.6 is 0 Å². The van der Waals surface area contributed by atoms with Crippen molar-refractivity contribution in [2.45, 2.75) is 26.7 Å². The fourth-order valence-corrected chi connectivity index (χ4v) is 2.83. The maximum atomic E-state index is 4.82. The number of rotatable bonds is 2. The highest BCUT2D eigenvalue weighted by Crippen LogP contribution is 2.20. The number of nitrogens with one attached hydrogen (secondary N) is 1. The molecule has 0 bridgehead atoms. The molecular formula is C16H20N4. The summed E-state index contributed by atoms with van der Waals surface area (Å²) in [7, 11) is 0. The molecule has 0 radical (unpaired) electrons. The Morgan fingerprint density at radius 3 is 2.60 bits per heavy atom. The molecule has 1 aliphatic rings. The third-order valence-electron chi connectivity index (χ3n) is 3.88. The van der Waals surface area contributed by atoms with Crippen LogP contribution in [0.15, 0.2) is 18.5 Å². The van der Waals surface area contributed by atoms with Crippen LogP contribution in [0.3, 0.4) is 0 Å². The largest absolute Gasteiger partial charge is 0.357 e. The number of H-pyrrole nitrogens is 1. The minimum atomic E-state index is 1.05. The molecule has 1 fully saturated rings. The number of anilines is 1. The molecule has 1 aliphatic heterocycles. The molecule has 2 aromatic heterocycles. The Kier molecular flexibility index (Phi) is 3.54. The predicted molar refractivity (Wildman–Crippen MR) is 82.8 cm³/mol. The van der Waals surface area contributed by atoms with Crippen molar-refractivity contribution in [1.29, 1.82) is 0 Å². The lowest BCUT2D eigenvalue weighted by atomic mass is 10.1. The van der Waals surface area contributed by atoms with Gasteiger partial charge in [-0.3, -0.25) is 5.10 Å². The van der Waals surface area contributed by atoms with E-state index in [0.717, 1.165) is 29.8 Å². The van der Waals surface area contributed by atoms with Crippen molar-refractivity contribution in [1.82, 2.24) is 15.2 Å². The Morgan fingerprint density at radius 1 is 1.20 bits per heavy atom. The van der Waals surface area contributed by atoms with E-state index in [1.165, 1.54) is 23.6 Å². The van der Waals surface area contributed by atoms with Gasteiger partial charge in [0.2, 0.25) is 0 Å². The second-order valence-electron chi connectivity index (χ2n) is 5.09. The van der Waals surface area contributed by atoms with Gasteiger partial charge in [-0.25, -0.2) is 4.98 Å². The second kappa shape index (κ2) is 5.49. The monoisotopic (exact) mass is 268 g/mol. The van der Waals surface area contributed by atoms with Gasteiger partial charge >= 0.3 is 0 Å². The highest BCUT2D eigenvalue weighted by molar-refractivity contribution is 5.67. The van der Waals surface area contributed by atoms with Crippen LogP contribution in [0, 0.1) is 0 Å². The highest BCUT2D eigenvalue weighted by Gasteiger charge is 2.15. The molecule has 3 rings (SSSR count). The molecule has 4 heteroatoms. The van der Waals surface area contributed by atoms with Gasteiger partial charge in [-0.1, -0.05) is 12.2 Å². The van der Waals surface area contributed by atoms with Crippen LogP contribution in [-0.2, 0) is 0 Å². The third-order valence-corrected chi connectivity index (χ3v) is 3.88. The van der Waals surface area contributed by atoms with Crippen molar-refractivity contribution in [3.63, 3.8) is 0 Å². The quantitative estimate of drug-likeness (QED) is 0.901. The molecule has 0 spiro atoms. The summed E-state index contributed by atoms with van der Waals surface area (Å²) in [4.78, 5) is 7.19. The van der Waals surface area contributed by atoms with E-state index in [9.17, 15) is 0 Å². The lowest BCUT2D eigenvalue weighted by Crippen LogP contribution is -2.33. The van der Waals surface area contributed by atoms with Crippen molar-refractivity contribution in [2.24, 2.45) is 0 Å². The Hall–Kier alpha value is -2.10. The first-order valence-electron chi connectivity index (χ1n) is 7.21. The molecule has 2 aromatic rings. The Morgan fingerprint density at radius 2 is 2.00 bits per heavy atom. The van der Waals surface area contributed by atoms with Crippen LogP contribution < -0.4 is 15.5 Å². The lowest BCUT2D eigenvalue weighted by molar-refractivity contribution is 0.930. The van der Waals surface area contributed by atoms with Gasteiger partial charge in [0, 0.05) is 30.1 Å². The molecule has 0 atom stereocenters. The van der Waals surface area contributed by atoms with E-state index >= 15 is 0 Å². The maximum absolute atomic E-state index is 4.82. The van der Waals surface area contributed by atoms with Crippen LogP contribution in [0.25, 0.3) is 23.3 Å². The molecule has 3 heterocycles. The fourth-order valence-electron chi connectivity index (χ4n) is 2.83. The maximum Gasteiger partial charge on any atom is 0.129 e. The second-order valence-corrected chi connectivity index (χ2v) is 5.09. The standard InChI is InChI=1S/C16H20N4/c1-3-13-14(12-10-17-18-11-12)9-16(19-15(13)4-2)20-7-5-6-8-20/h3-4,9-11H,5-8H2,1-2H3,(H,17,18)/b13-3-,15-4+. The van der Waals surface area contributed by atoms with Gasteiger partial charge in [0.25, 0.3) is 0 Å². The first kappa shape index (κ1) is 12.9. The number of hydrogen-bond acceptors (Lipinski definition) is 3. The number of hydrogen-bond donors (Lipinski definition) is 1. The first-order chi connectivity index (χ1) is 9.83. The van der Waals surface area contributed by atoms with Crippen LogP contribution in [0.4, 0.5) is 5.82 Å². The average Bonchev–Trinajstić information content (AvgIpc) is 3.18. The fraction of sp³-hybridized carbons (Fsp3) is 0.375. The van der Waals surface area contributed by atoms with E-state index in [-0.39, 0.29) is 0 Å². The number of pyridine rings is 1. The average molecular weight is 268 g/mol. The molecule has 4 nitrogen and oxygen atoms in total. The molecular weight excluding hydrogens is 248 g/mol. The predicted octanol–water partition coefficient (Wildman–Crippen LogP) is 1.67.